The Morgan fingerprint density at radius 2 is 1.79 bits per heavy atom. The zero-order valence-electron chi connectivity index (χ0n) is 11.5. The van der Waals surface area contributed by atoms with Crippen molar-refractivity contribution in [1.29, 1.82) is 0 Å². The molecule has 0 radical (unpaired) electrons. The second-order valence-electron chi connectivity index (χ2n) is 5.64. The summed E-state index contributed by atoms with van der Waals surface area (Å²) in [5, 5.41) is 9.75. The van der Waals surface area contributed by atoms with Crippen LogP contribution in [-0.4, -0.2) is 63.6 Å². The third-order valence-corrected chi connectivity index (χ3v) is 4.94. The topological polar surface area (TPSA) is 60.9 Å². The summed E-state index contributed by atoms with van der Waals surface area (Å²) in [7, 11) is 0. The average Bonchev–Trinajstić information content (AvgIpc) is 2.74. The van der Waals surface area contributed by atoms with E-state index >= 15 is 0 Å². The van der Waals surface area contributed by atoms with Gasteiger partial charge in [0.05, 0.1) is 0 Å². The molecule has 0 spiro atoms. The summed E-state index contributed by atoms with van der Waals surface area (Å²) in [4.78, 5) is 26.9. The molecule has 2 fully saturated rings. The normalized spacial score (nSPS) is 31.6. The zero-order valence-corrected chi connectivity index (χ0v) is 12.4. The first-order valence-corrected chi connectivity index (χ1v) is 7.81. The van der Waals surface area contributed by atoms with Gasteiger partial charge in [0, 0.05) is 43.1 Å². The van der Waals surface area contributed by atoms with Gasteiger partial charge in [-0.05, 0) is 12.3 Å². The van der Waals surface area contributed by atoms with Gasteiger partial charge in [-0.25, -0.2) is 4.79 Å². The molecule has 2 aliphatic rings. The Morgan fingerprint density at radius 3 is 2.37 bits per heavy atom. The fourth-order valence-electron chi connectivity index (χ4n) is 2.95. The first-order valence-electron chi connectivity index (χ1n) is 6.86. The zero-order chi connectivity index (χ0) is 14.0. The number of aliphatic carboxylic acids is 1. The number of hydrogen-bond acceptors (Lipinski definition) is 3. The maximum absolute atomic E-state index is 12.4. The van der Waals surface area contributed by atoms with E-state index in [1.807, 2.05) is 21.6 Å². The van der Waals surface area contributed by atoms with Gasteiger partial charge in [0.15, 0.2) is 0 Å². The summed E-state index contributed by atoms with van der Waals surface area (Å²) in [5.41, 5.74) is 0. The Hall–Kier alpha value is -0.910. The molecule has 0 aromatic carbocycles. The number of carbonyl (C=O) groups is 2. The van der Waals surface area contributed by atoms with E-state index < -0.39 is 5.97 Å². The van der Waals surface area contributed by atoms with Crippen LogP contribution in [0.15, 0.2) is 0 Å². The Morgan fingerprint density at radius 1 is 1.16 bits per heavy atom. The first-order chi connectivity index (χ1) is 8.95. The number of carboxylic acid groups (broad SMARTS) is 1. The molecule has 2 heterocycles. The molecule has 6 heteroatoms. The van der Waals surface area contributed by atoms with E-state index in [4.69, 9.17) is 5.11 Å². The minimum absolute atomic E-state index is 0.0897. The molecular weight excluding hydrogens is 264 g/mol. The van der Waals surface area contributed by atoms with Crippen LogP contribution in [0.5, 0.6) is 0 Å². The number of likely N-dealkylation sites (tertiary alicyclic amines) is 1. The van der Waals surface area contributed by atoms with E-state index in [1.54, 1.807) is 0 Å². The van der Waals surface area contributed by atoms with E-state index in [0.717, 1.165) is 19.5 Å². The summed E-state index contributed by atoms with van der Waals surface area (Å²) < 4.78 is 0. The molecule has 0 aromatic rings. The number of carboxylic acids is 1. The van der Waals surface area contributed by atoms with E-state index in [1.165, 1.54) is 0 Å². The van der Waals surface area contributed by atoms with Crippen LogP contribution in [0, 0.1) is 5.92 Å². The van der Waals surface area contributed by atoms with Crippen molar-refractivity contribution in [2.24, 2.45) is 5.92 Å². The van der Waals surface area contributed by atoms with Gasteiger partial charge in [-0.2, -0.15) is 11.8 Å². The van der Waals surface area contributed by atoms with Crippen LogP contribution >= 0.6 is 11.8 Å². The number of urea groups is 1. The Bertz CT molecular complexity index is 354. The van der Waals surface area contributed by atoms with Gasteiger partial charge in [-0.15, -0.1) is 0 Å². The van der Waals surface area contributed by atoms with Crippen LogP contribution < -0.4 is 0 Å². The van der Waals surface area contributed by atoms with Gasteiger partial charge in [0.25, 0.3) is 0 Å². The predicted octanol–water partition coefficient (Wildman–Crippen LogP) is 1.73. The summed E-state index contributed by atoms with van der Waals surface area (Å²) in [6.45, 7) is 7.19. The van der Waals surface area contributed by atoms with Crippen molar-refractivity contribution in [1.82, 2.24) is 9.80 Å². The van der Waals surface area contributed by atoms with E-state index in [0.29, 0.717) is 23.6 Å². The van der Waals surface area contributed by atoms with E-state index in [2.05, 4.69) is 13.8 Å². The lowest BCUT2D eigenvalue weighted by Gasteiger charge is -2.36. The summed E-state index contributed by atoms with van der Waals surface area (Å²) in [5.74, 6) is -0.647. The molecule has 5 nitrogen and oxygen atoms in total. The highest BCUT2D eigenvalue weighted by molar-refractivity contribution is 8.00. The summed E-state index contributed by atoms with van der Waals surface area (Å²) in [6.07, 6.45) is 0.984. The smallest absolute Gasteiger partial charge is 0.320 e. The van der Waals surface area contributed by atoms with Gasteiger partial charge < -0.3 is 14.9 Å². The van der Waals surface area contributed by atoms with Gasteiger partial charge >= 0.3 is 12.0 Å². The third-order valence-electron chi connectivity index (χ3n) is 3.71. The molecule has 0 aliphatic carbocycles. The molecule has 3 unspecified atom stereocenters. The van der Waals surface area contributed by atoms with Crippen molar-refractivity contribution >= 4 is 23.8 Å². The minimum atomic E-state index is -0.768. The number of rotatable bonds is 2. The lowest BCUT2D eigenvalue weighted by molar-refractivity contribution is -0.138. The second kappa shape index (κ2) is 6.03. The van der Waals surface area contributed by atoms with Crippen LogP contribution in [0.25, 0.3) is 0 Å². The Balaban J connectivity index is 1.88. The van der Waals surface area contributed by atoms with Crippen LogP contribution in [0.4, 0.5) is 4.79 Å². The van der Waals surface area contributed by atoms with Crippen LogP contribution in [0.2, 0.25) is 0 Å². The van der Waals surface area contributed by atoms with Crippen molar-refractivity contribution in [3.05, 3.63) is 0 Å². The minimum Gasteiger partial charge on any atom is -0.481 e. The molecule has 19 heavy (non-hydrogen) atoms. The monoisotopic (exact) mass is 286 g/mol. The quantitative estimate of drug-likeness (QED) is 0.840. The SMILES string of the molecule is CC1CN(C(=O)N2CCC(CC(=O)O)C2)CC(C)S1. The summed E-state index contributed by atoms with van der Waals surface area (Å²) in [6, 6.07) is 0.0897. The van der Waals surface area contributed by atoms with Crippen LogP contribution in [0.1, 0.15) is 26.7 Å². The van der Waals surface area contributed by atoms with Crippen molar-refractivity contribution in [3.8, 4) is 0 Å². The number of carbonyl (C=O) groups excluding carboxylic acids is 1. The number of amides is 2. The van der Waals surface area contributed by atoms with Gasteiger partial charge in [-0.1, -0.05) is 13.8 Å². The molecule has 1 N–H and O–H groups in total. The van der Waals surface area contributed by atoms with Crippen molar-refractivity contribution in [2.45, 2.75) is 37.2 Å². The molecule has 108 valence electrons. The molecule has 0 aromatic heterocycles. The van der Waals surface area contributed by atoms with Crippen LogP contribution in [0.3, 0.4) is 0 Å². The molecule has 0 saturated carbocycles. The molecule has 2 aliphatic heterocycles. The average molecular weight is 286 g/mol. The van der Waals surface area contributed by atoms with Gasteiger partial charge in [0.2, 0.25) is 0 Å². The van der Waals surface area contributed by atoms with Crippen molar-refractivity contribution in [2.75, 3.05) is 26.2 Å². The Labute approximate surface area is 118 Å². The highest BCUT2D eigenvalue weighted by Crippen LogP contribution is 2.27. The molecular formula is C13H22N2O3S. The maximum Gasteiger partial charge on any atom is 0.320 e. The highest BCUT2D eigenvalue weighted by Gasteiger charge is 2.33. The number of nitrogens with zero attached hydrogens (tertiary/aromatic N) is 2. The van der Waals surface area contributed by atoms with Crippen molar-refractivity contribution < 1.29 is 14.7 Å². The van der Waals surface area contributed by atoms with Crippen molar-refractivity contribution in [3.63, 3.8) is 0 Å². The molecule has 0 bridgehead atoms. The lowest BCUT2D eigenvalue weighted by Crippen LogP contribution is -2.49. The molecule has 2 saturated heterocycles. The molecule has 3 atom stereocenters. The maximum atomic E-state index is 12.4. The van der Waals surface area contributed by atoms with E-state index in [9.17, 15) is 9.59 Å². The fraction of sp³-hybridized carbons (Fsp3) is 0.846. The van der Waals surface area contributed by atoms with Gasteiger partial charge in [-0.3, -0.25) is 4.79 Å². The second-order valence-corrected chi connectivity index (χ2v) is 7.53. The number of hydrogen-bond donors (Lipinski definition) is 1. The summed E-state index contributed by atoms with van der Waals surface area (Å²) >= 11 is 1.92. The predicted molar refractivity (Wildman–Crippen MR) is 75.4 cm³/mol. The number of thioether (sulfide) groups is 1. The molecule has 2 rings (SSSR count). The largest absolute Gasteiger partial charge is 0.481 e. The fourth-order valence-corrected chi connectivity index (χ4v) is 4.28. The van der Waals surface area contributed by atoms with E-state index in [-0.39, 0.29) is 18.4 Å². The van der Waals surface area contributed by atoms with Crippen LogP contribution in [-0.2, 0) is 4.79 Å². The molecule has 2 amide bonds. The standard InChI is InChI=1S/C13H22N2O3S/c1-9-6-15(7-10(2)19-9)13(18)14-4-3-11(8-14)5-12(16)17/h9-11H,3-8H2,1-2H3,(H,16,17). The van der Waals surface area contributed by atoms with Gasteiger partial charge in [0.1, 0.15) is 0 Å². The highest BCUT2D eigenvalue weighted by atomic mass is 32.2. The third kappa shape index (κ3) is 3.78. The Kier molecular flexibility index (Phi) is 4.60. The lowest BCUT2D eigenvalue weighted by atomic mass is 10.1. The first kappa shape index (κ1) is 14.5.